The maximum atomic E-state index is 5.84. The molecule has 30 heavy (non-hydrogen) atoms. The van der Waals surface area contributed by atoms with Crippen LogP contribution in [0.5, 0.6) is 5.75 Å². The van der Waals surface area contributed by atoms with Crippen molar-refractivity contribution in [3.63, 3.8) is 0 Å². The lowest BCUT2D eigenvalue weighted by molar-refractivity contribution is 0.341. The Morgan fingerprint density at radius 3 is 2.70 bits per heavy atom. The molecule has 1 aliphatic heterocycles. The zero-order valence-electron chi connectivity index (χ0n) is 17.3. The Morgan fingerprint density at radius 2 is 1.90 bits per heavy atom. The lowest BCUT2D eigenvalue weighted by Crippen LogP contribution is -2.22. The minimum Gasteiger partial charge on any atom is -0.492 e. The molecule has 2 aromatic heterocycles. The van der Waals surface area contributed by atoms with Crippen LogP contribution in [0.2, 0.25) is 0 Å². The van der Waals surface area contributed by atoms with Gasteiger partial charge in [-0.3, -0.25) is 0 Å². The molecule has 1 fully saturated rings. The van der Waals surface area contributed by atoms with Crippen LogP contribution in [0.1, 0.15) is 25.3 Å². The summed E-state index contributed by atoms with van der Waals surface area (Å²) < 4.78 is 7.44. The average Bonchev–Trinajstić information content (AvgIpc) is 3.45. The highest BCUT2D eigenvalue weighted by atomic mass is 32.2. The first-order valence-electron chi connectivity index (χ1n) is 10.2. The second kappa shape index (κ2) is 9.75. The number of ether oxygens (including phenoxy) is 1. The molecule has 0 radical (unpaired) electrons. The van der Waals surface area contributed by atoms with Crippen LogP contribution in [0.15, 0.2) is 35.7 Å². The van der Waals surface area contributed by atoms with Gasteiger partial charge in [-0.1, -0.05) is 30.0 Å². The molecule has 0 saturated carbocycles. The van der Waals surface area contributed by atoms with Crippen LogP contribution in [0.25, 0.3) is 5.95 Å². The standard InChI is InChI=1S/C20H26N8OS/c1-3-21-17-23-18(27-10-6-7-11-27)25-19(24-17)28-14-22-20(26-28)30-13-12-29-16-9-5-4-8-15(16)2/h4-5,8-9,14H,3,6-7,10-13H2,1-2H3,(H,21,23,24,25). The van der Waals surface area contributed by atoms with Gasteiger partial charge in [0.15, 0.2) is 0 Å². The maximum absolute atomic E-state index is 5.84. The Bertz CT molecular complexity index is 973. The second-order valence-electron chi connectivity index (χ2n) is 6.92. The highest BCUT2D eigenvalue weighted by molar-refractivity contribution is 7.99. The highest BCUT2D eigenvalue weighted by Gasteiger charge is 2.18. The van der Waals surface area contributed by atoms with Crippen LogP contribution in [-0.2, 0) is 0 Å². The van der Waals surface area contributed by atoms with Gasteiger partial charge in [0, 0.05) is 25.4 Å². The van der Waals surface area contributed by atoms with Gasteiger partial charge in [0.2, 0.25) is 17.1 Å². The summed E-state index contributed by atoms with van der Waals surface area (Å²) in [6, 6.07) is 8.00. The number of hydrogen-bond donors (Lipinski definition) is 1. The first kappa shape index (κ1) is 20.4. The summed E-state index contributed by atoms with van der Waals surface area (Å²) in [5.74, 6) is 3.37. The van der Waals surface area contributed by atoms with Gasteiger partial charge < -0.3 is 15.0 Å². The van der Waals surface area contributed by atoms with Crippen LogP contribution in [0.4, 0.5) is 11.9 Å². The zero-order valence-corrected chi connectivity index (χ0v) is 18.1. The van der Waals surface area contributed by atoms with Crippen molar-refractivity contribution < 1.29 is 4.74 Å². The summed E-state index contributed by atoms with van der Waals surface area (Å²) in [5.41, 5.74) is 1.13. The Balaban J connectivity index is 1.40. The van der Waals surface area contributed by atoms with Crippen LogP contribution in [0, 0.1) is 6.92 Å². The molecule has 10 heteroatoms. The molecule has 1 aliphatic rings. The predicted molar refractivity (Wildman–Crippen MR) is 118 cm³/mol. The third-order valence-corrected chi connectivity index (χ3v) is 5.49. The fraction of sp³-hybridized carbons (Fsp3) is 0.450. The van der Waals surface area contributed by atoms with Crippen molar-refractivity contribution in [3.8, 4) is 11.7 Å². The molecular weight excluding hydrogens is 400 g/mol. The van der Waals surface area contributed by atoms with Crippen molar-refractivity contribution in [2.24, 2.45) is 0 Å². The van der Waals surface area contributed by atoms with E-state index in [1.165, 1.54) is 11.8 Å². The number of rotatable bonds is 9. The molecule has 158 valence electrons. The molecule has 1 aromatic carbocycles. The molecule has 9 nitrogen and oxygen atoms in total. The number of aryl methyl sites for hydroxylation is 1. The van der Waals surface area contributed by atoms with E-state index in [4.69, 9.17) is 4.74 Å². The lowest BCUT2D eigenvalue weighted by atomic mass is 10.2. The van der Waals surface area contributed by atoms with E-state index < -0.39 is 0 Å². The van der Waals surface area contributed by atoms with Crippen molar-refractivity contribution in [2.75, 3.05) is 42.2 Å². The van der Waals surface area contributed by atoms with E-state index in [0.29, 0.717) is 29.6 Å². The average molecular weight is 427 g/mol. The van der Waals surface area contributed by atoms with E-state index in [0.717, 1.165) is 49.5 Å². The summed E-state index contributed by atoms with van der Waals surface area (Å²) in [4.78, 5) is 20.2. The number of hydrogen-bond acceptors (Lipinski definition) is 9. The Kier molecular flexibility index (Phi) is 6.63. The Hall–Kier alpha value is -2.88. The number of anilines is 2. The van der Waals surface area contributed by atoms with Gasteiger partial charge in [-0.2, -0.15) is 19.6 Å². The zero-order chi connectivity index (χ0) is 20.8. The number of nitrogens with one attached hydrogen (secondary N) is 1. The summed E-state index contributed by atoms with van der Waals surface area (Å²) in [7, 11) is 0. The topological polar surface area (TPSA) is 93.9 Å². The molecule has 0 aliphatic carbocycles. The SMILES string of the molecule is CCNc1nc(N2CCCC2)nc(-n2cnc(SCCOc3ccccc3C)n2)n1. The van der Waals surface area contributed by atoms with Gasteiger partial charge >= 0.3 is 0 Å². The number of aromatic nitrogens is 6. The quantitative estimate of drug-likeness (QED) is 0.409. The largest absolute Gasteiger partial charge is 0.492 e. The molecule has 0 unspecified atom stereocenters. The van der Waals surface area contributed by atoms with Crippen molar-refractivity contribution in [3.05, 3.63) is 36.2 Å². The van der Waals surface area contributed by atoms with E-state index >= 15 is 0 Å². The third-order valence-electron chi connectivity index (χ3n) is 4.68. The van der Waals surface area contributed by atoms with Gasteiger partial charge in [-0.15, -0.1) is 5.10 Å². The molecule has 4 rings (SSSR count). The van der Waals surface area contributed by atoms with Gasteiger partial charge in [0.25, 0.3) is 5.95 Å². The van der Waals surface area contributed by atoms with Crippen molar-refractivity contribution >= 4 is 23.7 Å². The molecule has 1 N–H and O–H groups in total. The van der Waals surface area contributed by atoms with Crippen LogP contribution < -0.4 is 15.0 Å². The van der Waals surface area contributed by atoms with E-state index in [1.54, 1.807) is 11.0 Å². The molecule has 1 saturated heterocycles. The van der Waals surface area contributed by atoms with Crippen molar-refractivity contribution in [1.82, 2.24) is 29.7 Å². The van der Waals surface area contributed by atoms with Gasteiger partial charge in [0.1, 0.15) is 12.1 Å². The monoisotopic (exact) mass is 426 g/mol. The molecular formula is C20H26N8OS. The van der Waals surface area contributed by atoms with Gasteiger partial charge in [-0.25, -0.2) is 4.98 Å². The minimum atomic E-state index is 0.471. The normalized spacial score (nSPS) is 13.6. The highest BCUT2D eigenvalue weighted by Crippen LogP contribution is 2.20. The summed E-state index contributed by atoms with van der Waals surface area (Å²) in [6.07, 6.45) is 3.96. The fourth-order valence-electron chi connectivity index (χ4n) is 3.17. The van der Waals surface area contributed by atoms with Gasteiger partial charge in [-0.05, 0) is 38.3 Å². The number of benzene rings is 1. The Labute approximate surface area is 180 Å². The van der Waals surface area contributed by atoms with Crippen LogP contribution in [0.3, 0.4) is 0 Å². The molecule has 0 atom stereocenters. The minimum absolute atomic E-state index is 0.471. The van der Waals surface area contributed by atoms with E-state index in [1.807, 2.05) is 38.1 Å². The van der Waals surface area contributed by atoms with Crippen LogP contribution >= 0.6 is 11.8 Å². The van der Waals surface area contributed by atoms with E-state index in [9.17, 15) is 0 Å². The summed E-state index contributed by atoms with van der Waals surface area (Å²) in [6.45, 7) is 7.31. The second-order valence-corrected chi connectivity index (χ2v) is 7.98. The molecule has 0 amide bonds. The van der Waals surface area contributed by atoms with Gasteiger partial charge in [0.05, 0.1) is 6.61 Å². The molecule has 3 heterocycles. The van der Waals surface area contributed by atoms with E-state index in [2.05, 4.69) is 35.3 Å². The number of thioether (sulfide) groups is 1. The first-order valence-corrected chi connectivity index (χ1v) is 11.2. The lowest BCUT2D eigenvalue weighted by Gasteiger charge is -2.16. The Morgan fingerprint density at radius 1 is 1.10 bits per heavy atom. The summed E-state index contributed by atoms with van der Waals surface area (Å²) in [5, 5.41) is 8.37. The number of nitrogens with zero attached hydrogens (tertiary/aromatic N) is 7. The molecule has 0 bridgehead atoms. The van der Waals surface area contributed by atoms with E-state index in [-0.39, 0.29) is 0 Å². The van der Waals surface area contributed by atoms with Crippen molar-refractivity contribution in [1.29, 1.82) is 0 Å². The molecule has 0 spiro atoms. The summed E-state index contributed by atoms with van der Waals surface area (Å²) >= 11 is 1.54. The van der Waals surface area contributed by atoms with Crippen molar-refractivity contribution in [2.45, 2.75) is 31.8 Å². The van der Waals surface area contributed by atoms with Crippen LogP contribution in [-0.4, -0.2) is 61.7 Å². The third kappa shape index (κ3) is 4.99. The molecule has 3 aromatic rings. The predicted octanol–water partition coefficient (Wildman–Crippen LogP) is 2.96. The number of para-hydroxylation sites is 1. The maximum Gasteiger partial charge on any atom is 0.258 e. The first-order chi connectivity index (χ1) is 14.7. The smallest absolute Gasteiger partial charge is 0.258 e. The fourth-order valence-corrected chi connectivity index (χ4v) is 3.78.